The van der Waals surface area contributed by atoms with Gasteiger partial charge in [0.2, 0.25) is 0 Å². The molecule has 0 radical (unpaired) electrons. The molecule has 0 bridgehead atoms. The highest BCUT2D eigenvalue weighted by Crippen LogP contribution is 2.21. The van der Waals surface area contributed by atoms with Gasteiger partial charge in [-0.2, -0.15) is 0 Å². The molecular weight excluding hydrogens is 224 g/mol. The van der Waals surface area contributed by atoms with Gasteiger partial charge in [0.25, 0.3) is 0 Å². The van der Waals surface area contributed by atoms with Crippen molar-refractivity contribution in [1.29, 1.82) is 0 Å². The molecule has 1 aromatic rings. The van der Waals surface area contributed by atoms with Gasteiger partial charge in [0.15, 0.2) is 6.10 Å². The van der Waals surface area contributed by atoms with Crippen LogP contribution in [0.5, 0.6) is 0 Å². The highest BCUT2D eigenvalue weighted by molar-refractivity contribution is 5.80. The Labute approximate surface area is 98.3 Å². The maximum atomic E-state index is 11.0. The number of ketones is 1. The molecule has 92 valence electrons. The Kier molecular flexibility index (Phi) is 4.37. The number of carbonyl (C=O) groups excluding carboxylic acids is 1. The van der Waals surface area contributed by atoms with Crippen LogP contribution in [0.1, 0.15) is 29.7 Å². The summed E-state index contributed by atoms with van der Waals surface area (Å²) < 4.78 is 0. The predicted molar refractivity (Wildman–Crippen MR) is 59.3 cm³/mol. The summed E-state index contributed by atoms with van der Waals surface area (Å²) in [6.45, 7) is 1.14. The lowest BCUT2D eigenvalue weighted by Gasteiger charge is -2.12. The molecule has 0 amide bonds. The monoisotopic (exact) mass is 238 g/mol. The van der Waals surface area contributed by atoms with Gasteiger partial charge < -0.3 is 15.3 Å². The molecule has 0 aliphatic rings. The first-order valence-electron chi connectivity index (χ1n) is 5.08. The molecule has 0 saturated carbocycles. The number of hydrogen-bond donors (Lipinski definition) is 3. The van der Waals surface area contributed by atoms with Crippen molar-refractivity contribution in [3.05, 3.63) is 34.9 Å². The number of aliphatic hydroxyl groups excluding tert-OH is 2. The topological polar surface area (TPSA) is 94.8 Å². The van der Waals surface area contributed by atoms with Crippen LogP contribution >= 0.6 is 0 Å². The number of benzene rings is 1. The Morgan fingerprint density at radius 3 is 2.47 bits per heavy atom. The van der Waals surface area contributed by atoms with E-state index in [9.17, 15) is 14.7 Å². The first kappa shape index (κ1) is 13.3. The van der Waals surface area contributed by atoms with Crippen molar-refractivity contribution in [1.82, 2.24) is 0 Å². The van der Waals surface area contributed by atoms with Crippen LogP contribution in [0.25, 0.3) is 0 Å². The molecule has 0 aliphatic carbocycles. The number of Topliss-reactive ketones (excluding diaryl/α,β-unsaturated/α-hetero) is 1. The number of aliphatic carboxylic acids is 1. The van der Waals surface area contributed by atoms with Gasteiger partial charge >= 0.3 is 5.97 Å². The van der Waals surface area contributed by atoms with Crippen molar-refractivity contribution in [2.45, 2.75) is 26.1 Å². The van der Waals surface area contributed by atoms with Crippen LogP contribution < -0.4 is 0 Å². The van der Waals surface area contributed by atoms with Crippen LogP contribution in [-0.4, -0.2) is 27.1 Å². The van der Waals surface area contributed by atoms with Crippen LogP contribution in [0.3, 0.4) is 0 Å². The Hall–Kier alpha value is -1.72. The van der Waals surface area contributed by atoms with E-state index in [1.54, 1.807) is 12.1 Å². The summed E-state index contributed by atoms with van der Waals surface area (Å²) in [5.74, 6) is -1.51. The zero-order chi connectivity index (χ0) is 13.0. The van der Waals surface area contributed by atoms with Crippen molar-refractivity contribution >= 4 is 11.8 Å². The molecule has 0 heterocycles. The summed E-state index contributed by atoms with van der Waals surface area (Å²) >= 11 is 0. The molecule has 0 aromatic heterocycles. The van der Waals surface area contributed by atoms with E-state index in [0.717, 1.165) is 0 Å². The summed E-state index contributed by atoms with van der Waals surface area (Å²) in [4.78, 5) is 21.8. The summed E-state index contributed by atoms with van der Waals surface area (Å²) in [7, 11) is 0. The fourth-order valence-electron chi connectivity index (χ4n) is 1.56. The zero-order valence-electron chi connectivity index (χ0n) is 9.38. The summed E-state index contributed by atoms with van der Waals surface area (Å²) in [5.41, 5.74) is 1.11. The van der Waals surface area contributed by atoms with Crippen molar-refractivity contribution in [2.75, 3.05) is 0 Å². The van der Waals surface area contributed by atoms with Gasteiger partial charge in [0, 0.05) is 6.42 Å². The van der Waals surface area contributed by atoms with Gasteiger partial charge in [-0.1, -0.05) is 18.2 Å². The predicted octanol–water partition coefficient (Wildman–Crippen LogP) is 0.428. The average molecular weight is 238 g/mol. The lowest BCUT2D eigenvalue weighted by atomic mass is 9.96. The minimum atomic E-state index is -1.68. The third-order valence-corrected chi connectivity index (χ3v) is 2.36. The fraction of sp³-hybridized carbons (Fsp3) is 0.333. The molecule has 1 rings (SSSR count). The Morgan fingerprint density at radius 1 is 1.35 bits per heavy atom. The lowest BCUT2D eigenvalue weighted by Crippen LogP contribution is -2.14. The highest BCUT2D eigenvalue weighted by atomic mass is 16.4. The SMILES string of the molecule is CC(=O)Cc1ccc(CO)cc1C(O)C(=O)O. The third-order valence-electron chi connectivity index (χ3n) is 2.36. The molecule has 0 fully saturated rings. The Morgan fingerprint density at radius 2 is 2.00 bits per heavy atom. The van der Waals surface area contributed by atoms with Crippen LogP contribution in [0.2, 0.25) is 0 Å². The number of aliphatic hydroxyl groups is 2. The lowest BCUT2D eigenvalue weighted by molar-refractivity contribution is -0.147. The number of hydrogen-bond acceptors (Lipinski definition) is 4. The van der Waals surface area contributed by atoms with E-state index in [1.165, 1.54) is 13.0 Å². The van der Waals surface area contributed by atoms with E-state index in [1.807, 2.05) is 0 Å². The van der Waals surface area contributed by atoms with Crippen LogP contribution in [0, 0.1) is 0 Å². The van der Waals surface area contributed by atoms with E-state index in [4.69, 9.17) is 10.2 Å². The first-order valence-corrected chi connectivity index (χ1v) is 5.08. The number of rotatable bonds is 5. The van der Waals surface area contributed by atoms with Crippen LogP contribution in [0.4, 0.5) is 0 Å². The van der Waals surface area contributed by atoms with Crippen molar-refractivity contribution < 1.29 is 24.9 Å². The largest absolute Gasteiger partial charge is 0.479 e. The van der Waals surface area contributed by atoms with E-state index in [2.05, 4.69) is 0 Å². The molecule has 1 aromatic carbocycles. The quantitative estimate of drug-likeness (QED) is 0.691. The second-order valence-electron chi connectivity index (χ2n) is 3.81. The van der Waals surface area contributed by atoms with Gasteiger partial charge in [0.05, 0.1) is 6.61 Å². The smallest absolute Gasteiger partial charge is 0.337 e. The molecule has 0 aliphatic heterocycles. The van der Waals surface area contributed by atoms with Crippen molar-refractivity contribution in [2.24, 2.45) is 0 Å². The molecule has 0 saturated heterocycles. The van der Waals surface area contributed by atoms with Gasteiger partial charge in [-0.25, -0.2) is 4.79 Å². The Bertz CT molecular complexity index is 439. The Balaban J connectivity index is 3.20. The van der Waals surface area contributed by atoms with Crippen LogP contribution in [-0.2, 0) is 22.6 Å². The number of carbonyl (C=O) groups is 2. The molecule has 1 unspecified atom stereocenters. The summed E-state index contributed by atoms with van der Waals surface area (Å²) in [5, 5.41) is 27.2. The normalized spacial score (nSPS) is 12.2. The second-order valence-corrected chi connectivity index (χ2v) is 3.81. The third kappa shape index (κ3) is 3.37. The summed E-state index contributed by atoms with van der Waals surface area (Å²) in [6.07, 6.45) is -1.62. The van der Waals surface area contributed by atoms with Gasteiger partial charge in [-0.3, -0.25) is 4.79 Å². The van der Waals surface area contributed by atoms with Crippen molar-refractivity contribution in [3.8, 4) is 0 Å². The minimum absolute atomic E-state index is 0.0609. The molecule has 5 nitrogen and oxygen atoms in total. The number of carboxylic acid groups (broad SMARTS) is 1. The van der Waals surface area contributed by atoms with E-state index >= 15 is 0 Å². The van der Waals surface area contributed by atoms with Gasteiger partial charge in [0.1, 0.15) is 5.78 Å². The standard InChI is InChI=1S/C12H14O5/c1-7(14)4-9-3-2-8(6-13)5-10(9)11(15)12(16)17/h2-3,5,11,13,15H,4,6H2,1H3,(H,16,17). The first-order chi connectivity index (χ1) is 7.95. The maximum Gasteiger partial charge on any atom is 0.337 e. The van der Waals surface area contributed by atoms with E-state index in [0.29, 0.717) is 11.1 Å². The zero-order valence-corrected chi connectivity index (χ0v) is 9.38. The molecule has 17 heavy (non-hydrogen) atoms. The minimum Gasteiger partial charge on any atom is -0.479 e. The van der Waals surface area contributed by atoms with Gasteiger partial charge in [-0.15, -0.1) is 0 Å². The molecule has 1 atom stereocenters. The van der Waals surface area contributed by atoms with Gasteiger partial charge in [-0.05, 0) is 23.6 Å². The molecule has 0 spiro atoms. The summed E-state index contributed by atoms with van der Waals surface area (Å²) in [6, 6.07) is 4.54. The molecular formula is C12H14O5. The van der Waals surface area contributed by atoms with E-state index < -0.39 is 12.1 Å². The van der Waals surface area contributed by atoms with E-state index in [-0.39, 0.29) is 24.4 Å². The number of carboxylic acids is 1. The fourth-order valence-corrected chi connectivity index (χ4v) is 1.56. The second kappa shape index (κ2) is 5.56. The molecule has 5 heteroatoms. The van der Waals surface area contributed by atoms with Crippen LogP contribution in [0.15, 0.2) is 18.2 Å². The average Bonchev–Trinajstić information content (AvgIpc) is 2.27. The van der Waals surface area contributed by atoms with Crippen molar-refractivity contribution in [3.63, 3.8) is 0 Å². The molecule has 3 N–H and O–H groups in total. The highest BCUT2D eigenvalue weighted by Gasteiger charge is 2.20. The maximum absolute atomic E-state index is 11.0.